The van der Waals surface area contributed by atoms with E-state index in [4.69, 9.17) is 5.73 Å². The maximum Gasteiger partial charge on any atom is 0.233 e. The summed E-state index contributed by atoms with van der Waals surface area (Å²) in [5, 5.41) is 0. The summed E-state index contributed by atoms with van der Waals surface area (Å²) in [6.07, 6.45) is 9.03. The first-order valence-corrected chi connectivity index (χ1v) is 5.34. The van der Waals surface area contributed by atoms with Gasteiger partial charge < -0.3 is 5.73 Å². The van der Waals surface area contributed by atoms with Crippen molar-refractivity contribution in [1.82, 2.24) is 14.4 Å². The van der Waals surface area contributed by atoms with Gasteiger partial charge in [0, 0.05) is 18.6 Å². The topological polar surface area (TPSA) is 56.2 Å². The lowest BCUT2D eigenvalue weighted by Gasteiger charge is -2.00. The van der Waals surface area contributed by atoms with Crippen molar-refractivity contribution in [3.63, 3.8) is 0 Å². The number of imidazole rings is 1. The summed E-state index contributed by atoms with van der Waals surface area (Å²) in [6, 6.07) is 0. The van der Waals surface area contributed by atoms with Gasteiger partial charge in [0.05, 0.1) is 11.2 Å². The molecule has 1 fully saturated rings. The van der Waals surface area contributed by atoms with Crippen LogP contribution in [0, 0.1) is 0 Å². The van der Waals surface area contributed by atoms with Crippen molar-refractivity contribution in [2.75, 3.05) is 0 Å². The summed E-state index contributed by atoms with van der Waals surface area (Å²) in [7, 11) is 0. The van der Waals surface area contributed by atoms with Crippen molar-refractivity contribution < 1.29 is 0 Å². The van der Waals surface area contributed by atoms with E-state index in [9.17, 15) is 0 Å². The van der Waals surface area contributed by atoms with Crippen molar-refractivity contribution in [3.8, 4) is 0 Å². The predicted molar refractivity (Wildman–Crippen MR) is 57.5 cm³/mol. The summed E-state index contributed by atoms with van der Waals surface area (Å²) < 4.78 is 1.97. The number of fused-ring (bicyclic) bond motifs is 1. The molecule has 1 aliphatic carbocycles. The van der Waals surface area contributed by atoms with E-state index in [1.54, 1.807) is 0 Å². The van der Waals surface area contributed by atoms with Gasteiger partial charge in [0.15, 0.2) is 0 Å². The molecule has 1 saturated carbocycles. The highest BCUT2D eigenvalue weighted by molar-refractivity contribution is 5.35. The van der Waals surface area contributed by atoms with Gasteiger partial charge in [-0.05, 0) is 24.8 Å². The Morgan fingerprint density at radius 1 is 1.47 bits per heavy atom. The standard InChI is InChI=1S/C11H14N4/c1-2-8-5-13-10-14-9(7-15(10)6-8)11(12)3-4-11/h5-7H,2-4,12H2,1H3. The summed E-state index contributed by atoms with van der Waals surface area (Å²) >= 11 is 0. The predicted octanol–water partition coefficient (Wildman–Crippen LogP) is 1.24. The number of hydrogen-bond donors (Lipinski definition) is 1. The molecule has 78 valence electrons. The van der Waals surface area contributed by atoms with Gasteiger partial charge in [-0.15, -0.1) is 0 Å². The number of aromatic nitrogens is 3. The summed E-state index contributed by atoms with van der Waals surface area (Å²) in [5.74, 6) is 0.749. The fourth-order valence-corrected chi connectivity index (χ4v) is 1.74. The Kier molecular flexibility index (Phi) is 1.65. The average molecular weight is 202 g/mol. The lowest BCUT2D eigenvalue weighted by atomic mass is 10.2. The molecule has 0 spiro atoms. The molecule has 1 aliphatic rings. The third-order valence-corrected chi connectivity index (χ3v) is 3.07. The summed E-state index contributed by atoms with van der Waals surface area (Å²) in [6.45, 7) is 2.12. The van der Waals surface area contributed by atoms with Gasteiger partial charge in [0.2, 0.25) is 5.78 Å². The number of rotatable bonds is 2. The first-order chi connectivity index (χ1) is 7.21. The Labute approximate surface area is 88.1 Å². The minimum absolute atomic E-state index is 0.167. The van der Waals surface area contributed by atoms with Crippen LogP contribution in [0.1, 0.15) is 31.0 Å². The number of hydrogen-bond acceptors (Lipinski definition) is 3. The van der Waals surface area contributed by atoms with Crippen LogP contribution in [0.4, 0.5) is 0 Å². The van der Waals surface area contributed by atoms with Crippen molar-refractivity contribution in [3.05, 3.63) is 29.8 Å². The third kappa shape index (κ3) is 1.33. The Morgan fingerprint density at radius 2 is 2.27 bits per heavy atom. The van der Waals surface area contributed by atoms with E-state index in [2.05, 4.69) is 23.1 Å². The molecule has 0 atom stereocenters. The van der Waals surface area contributed by atoms with Crippen LogP contribution in [-0.2, 0) is 12.0 Å². The van der Waals surface area contributed by atoms with Gasteiger partial charge in [-0.25, -0.2) is 9.97 Å². The smallest absolute Gasteiger partial charge is 0.233 e. The van der Waals surface area contributed by atoms with Crippen LogP contribution in [0.3, 0.4) is 0 Å². The monoisotopic (exact) mass is 202 g/mol. The lowest BCUT2D eigenvalue weighted by Crippen LogP contribution is -2.18. The van der Waals surface area contributed by atoms with Gasteiger partial charge in [-0.3, -0.25) is 4.40 Å². The van der Waals surface area contributed by atoms with Crippen molar-refractivity contribution >= 4 is 5.78 Å². The molecule has 2 heterocycles. The first-order valence-electron chi connectivity index (χ1n) is 5.34. The maximum atomic E-state index is 6.10. The SMILES string of the molecule is CCc1cnc2nc(C3(N)CC3)cn2c1. The number of nitrogens with zero attached hydrogens (tertiary/aromatic N) is 3. The molecule has 0 amide bonds. The van der Waals surface area contributed by atoms with Crippen LogP contribution in [0.25, 0.3) is 5.78 Å². The second-order valence-corrected chi connectivity index (χ2v) is 4.31. The zero-order valence-electron chi connectivity index (χ0n) is 8.77. The molecule has 0 unspecified atom stereocenters. The van der Waals surface area contributed by atoms with Crippen molar-refractivity contribution in [2.45, 2.75) is 31.7 Å². The molecule has 0 bridgehead atoms. The van der Waals surface area contributed by atoms with Crippen LogP contribution < -0.4 is 5.73 Å². The summed E-state index contributed by atoms with van der Waals surface area (Å²) in [5.41, 5.74) is 8.12. The number of nitrogens with two attached hydrogens (primary N) is 1. The fraction of sp³-hybridized carbons (Fsp3) is 0.455. The molecule has 0 saturated heterocycles. The third-order valence-electron chi connectivity index (χ3n) is 3.07. The van der Waals surface area contributed by atoms with E-state index in [-0.39, 0.29) is 5.54 Å². The molecule has 15 heavy (non-hydrogen) atoms. The van der Waals surface area contributed by atoms with Crippen LogP contribution in [0.2, 0.25) is 0 Å². The maximum absolute atomic E-state index is 6.10. The van der Waals surface area contributed by atoms with Crippen LogP contribution in [0.15, 0.2) is 18.6 Å². The van der Waals surface area contributed by atoms with E-state index in [1.165, 1.54) is 5.56 Å². The Balaban J connectivity index is 2.13. The molecule has 4 heteroatoms. The Bertz CT molecular complexity index is 510. The molecule has 2 N–H and O–H groups in total. The lowest BCUT2D eigenvalue weighted by molar-refractivity contribution is 0.715. The molecule has 2 aromatic heterocycles. The number of aryl methyl sites for hydroxylation is 1. The Morgan fingerprint density at radius 3 is 2.93 bits per heavy atom. The zero-order chi connectivity index (χ0) is 10.5. The van der Waals surface area contributed by atoms with E-state index >= 15 is 0 Å². The highest BCUT2D eigenvalue weighted by atomic mass is 15.1. The highest BCUT2D eigenvalue weighted by Crippen LogP contribution is 2.41. The van der Waals surface area contributed by atoms with Gasteiger partial charge in [-0.1, -0.05) is 6.92 Å². The largest absolute Gasteiger partial charge is 0.320 e. The normalized spacial score (nSPS) is 18.3. The van der Waals surface area contributed by atoms with E-state index < -0.39 is 0 Å². The molecule has 0 radical (unpaired) electrons. The molecule has 0 aliphatic heterocycles. The van der Waals surface area contributed by atoms with E-state index in [0.29, 0.717) is 0 Å². The second-order valence-electron chi connectivity index (χ2n) is 4.31. The van der Waals surface area contributed by atoms with Crippen molar-refractivity contribution in [2.24, 2.45) is 5.73 Å². The summed E-state index contributed by atoms with van der Waals surface area (Å²) in [4.78, 5) is 8.76. The van der Waals surface area contributed by atoms with Gasteiger partial charge in [0.1, 0.15) is 0 Å². The second kappa shape index (κ2) is 2.79. The first kappa shape index (κ1) is 8.85. The average Bonchev–Trinajstić information content (AvgIpc) is 2.85. The van der Waals surface area contributed by atoms with Gasteiger partial charge >= 0.3 is 0 Å². The van der Waals surface area contributed by atoms with E-state index in [0.717, 1.165) is 30.7 Å². The van der Waals surface area contributed by atoms with Gasteiger partial charge in [-0.2, -0.15) is 0 Å². The zero-order valence-corrected chi connectivity index (χ0v) is 8.77. The van der Waals surface area contributed by atoms with E-state index in [1.807, 2.05) is 16.8 Å². The highest BCUT2D eigenvalue weighted by Gasteiger charge is 2.42. The molecule has 2 aromatic rings. The quantitative estimate of drug-likeness (QED) is 0.797. The Hall–Kier alpha value is -1.42. The van der Waals surface area contributed by atoms with Gasteiger partial charge in [0.25, 0.3) is 0 Å². The van der Waals surface area contributed by atoms with Crippen LogP contribution >= 0.6 is 0 Å². The minimum Gasteiger partial charge on any atom is -0.320 e. The minimum atomic E-state index is -0.167. The van der Waals surface area contributed by atoms with Crippen LogP contribution in [-0.4, -0.2) is 14.4 Å². The molecule has 4 nitrogen and oxygen atoms in total. The molecular formula is C11H14N4. The van der Waals surface area contributed by atoms with Crippen molar-refractivity contribution in [1.29, 1.82) is 0 Å². The van der Waals surface area contributed by atoms with Crippen LogP contribution in [0.5, 0.6) is 0 Å². The fourth-order valence-electron chi connectivity index (χ4n) is 1.74. The molecular weight excluding hydrogens is 188 g/mol. The molecule has 3 rings (SSSR count). The molecule has 0 aromatic carbocycles.